The number of ether oxygens (including phenoxy) is 1. The lowest BCUT2D eigenvalue weighted by atomic mass is 9.75. The first-order valence-electron chi connectivity index (χ1n) is 11.9. The van der Waals surface area contributed by atoms with Crippen molar-refractivity contribution in [3.63, 3.8) is 0 Å². The Morgan fingerprint density at radius 1 is 0.848 bits per heavy atom. The van der Waals surface area contributed by atoms with E-state index in [9.17, 15) is 13.2 Å². The van der Waals surface area contributed by atoms with Gasteiger partial charge in [0.1, 0.15) is 5.82 Å². The van der Waals surface area contributed by atoms with Crippen molar-refractivity contribution in [3.8, 4) is 16.9 Å². The molecule has 0 bridgehead atoms. The highest BCUT2D eigenvalue weighted by Crippen LogP contribution is 2.40. The van der Waals surface area contributed by atoms with Crippen LogP contribution in [0.25, 0.3) is 11.1 Å². The average molecular weight is 453 g/mol. The Labute approximate surface area is 194 Å². The van der Waals surface area contributed by atoms with Crippen molar-refractivity contribution in [1.29, 1.82) is 0 Å². The molecule has 1 aliphatic rings. The van der Waals surface area contributed by atoms with E-state index in [1.54, 1.807) is 19.1 Å². The molecular formula is C29H31F3O. The molecule has 0 amide bonds. The lowest BCUT2D eigenvalue weighted by Crippen LogP contribution is -2.15. The van der Waals surface area contributed by atoms with Gasteiger partial charge in [0.25, 0.3) is 0 Å². The second-order valence-electron chi connectivity index (χ2n) is 9.21. The van der Waals surface area contributed by atoms with Gasteiger partial charge in [-0.3, -0.25) is 0 Å². The summed E-state index contributed by atoms with van der Waals surface area (Å²) in [6.45, 7) is 4.11. The smallest absolute Gasteiger partial charge is 0.190 e. The lowest BCUT2D eigenvalue weighted by molar-refractivity contribution is 0.297. The molecule has 1 fully saturated rings. The van der Waals surface area contributed by atoms with Crippen molar-refractivity contribution >= 4 is 0 Å². The van der Waals surface area contributed by atoms with Crippen LogP contribution in [0, 0.1) is 23.4 Å². The van der Waals surface area contributed by atoms with Gasteiger partial charge in [0.2, 0.25) is 0 Å². The Hall–Kier alpha value is -2.75. The summed E-state index contributed by atoms with van der Waals surface area (Å²) in [6.07, 6.45) is 5.54. The molecule has 0 radical (unpaired) electrons. The molecule has 0 spiro atoms. The van der Waals surface area contributed by atoms with Crippen LogP contribution in [0.1, 0.15) is 68.9 Å². The summed E-state index contributed by atoms with van der Waals surface area (Å²) in [5, 5.41) is 0. The second kappa shape index (κ2) is 10.5. The number of hydrogen-bond donors (Lipinski definition) is 0. The van der Waals surface area contributed by atoms with Crippen LogP contribution in [0.2, 0.25) is 0 Å². The molecule has 4 rings (SSSR count). The van der Waals surface area contributed by atoms with Gasteiger partial charge in [0.15, 0.2) is 17.4 Å². The third-order valence-corrected chi connectivity index (χ3v) is 6.96. The van der Waals surface area contributed by atoms with Gasteiger partial charge in [-0.15, -0.1) is 0 Å². The summed E-state index contributed by atoms with van der Waals surface area (Å²) in [5.74, 6) is -0.955. The fourth-order valence-electron chi connectivity index (χ4n) is 5.17. The van der Waals surface area contributed by atoms with E-state index in [1.807, 2.05) is 6.07 Å². The maximum Gasteiger partial charge on any atom is 0.190 e. The van der Waals surface area contributed by atoms with Crippen molar-refractivity contribution in [1.82, 2.24) is 0 Å². The zero-order chi connectivity index (χ0) is 23.4. The van der Waals surface area contributed by atoms with Crippen LogP contribution in [-0.2, 0) is 0 Å². The Morgan fingerprint density at radius 3 is 2.12 bits per heavy atom. The minimum absolute atomic E-state index is 0.156. The first-order chi connectivity index (χ1) is 16.0. The van der Waals surface area contributed by atoms with Gasteiger partial charge >= 0.3 is 0 Å². The summed E-state index contributed by atoms with van der Waals surface area (Å²) in [7, 11) is 0. The third kappa shape index (κ3) is 5.43. The normalized spacial score (nSPS) is 19.3. The van der Waals surface area contributed by atoms with Crippen LogP contribution in [0.4, 0.5) is 13.2 Å². The zero-order valence-corrected chi connectivity index (χ0v) is 19.3. The molecular weight excluding hydrogens is 421 g/mol. The van der Waals surface area contributed by atoms with E-state index in [2.05, 4.69) is 37.3 Å². The Morgan fingerprint density at radius 2 is 1.52 bits per heavy atom. The van der Waals surface area contributed by atoms with Crippen molar-refractivity contribution in [2.45, 2.75) is 57.8 Å². The van der Waals surface area contributed by atoms with Gasteiger partial charge in [0.05, 0.1) is 6.61 Å². The molecule has 4 heteroatoms. The minimum Gasteiger partial charge on any atom is -0.488 e. The Kier molecular flexibility index (Phi) is 7.42. The van der Waals surface area contributed by atoms with Gasteiger partial charge in [0, 0.05) is 5.56 Å². The molecule has 174 valence electrons. The average Bonchev–Trinajstić information content (AvgIpc) is 2.82. The number of rotatable bonds is 7. The standard InChI is InChI=1S/C29H31F3O/c1-3-33-29-27(31)17-24(18-28(29)32)25-14-13-23(16-26(25)30)22-11-9-20(10-12-22)15-19(2)21-7-5-4-6-8-21/h4-8,13-14,16-20,22H,3,9-12,15H2,1-2H3/t19-,20?,22?/m0/s1. The highest BCUT2D eigenvalue weighted by Gasteiger charge is 2.25. The zero-order valence-electron chi connectivity index (χ0n) is 19.3. The largest absolute Gasteiger partial charge is 0.488 e. The third-order valence-electron chi connectivity index (χ3n) is 6.96. The molecule has 1 nitrogen and oxygen atoms in total. The fourth-order valence-corrected chi connectivity index (χ4v) is 5.17. The molecule has 1 atom stereocenters. The second-order valence-corrected chi connectivity index (χ2v) is 9.21. The van der Waals surface area contributed by atoms with Crippen LogP contribution in [-0.4, -0.2) is 6.61 Å². The van der Waals surface area contributed by atoms with E-state index in [-0.39, 0.29) is 17.7 Å². The summed E-state index contributed by atoms with van der Waals surface area (Å²) in [4.78, 5) is 0. The van der Waals surface area contributed by atoms with Crippen molar-refractivity contribution in [2.75, 3.05) is 6.61 Å². The van der Waals surface area contributed by atoms with Gasteiger partial charge < -0.3 is 4.74 Å². The van der Waals surface area contributed by atoms with E-state index in [0.717, 1.165) is 43.4 Å². The highest BCUT2D eigenvalue weighted by atomic mass is 19.1. The monoisotopic (exact) mass is 452 g/mol. The van der Waals surface area contributed by atoms with Crippen molar-refractivity contribution in [2.24, 2.45) is 5.92 Å². The Bertz CT molecular complexity index is 1050. The van der Waals surface area contributed by atoms with Gasteiger partial charge in [-0.25, -0.2) is 13.2 Å². The van der Waals surface area contributed by atoms with E-state index < -0.39 is 23.2 Å². The molecule has 33 heavy (non-hydrogen) atoms. The maximum atomic E-state index is 15.0. The highest BCUT2D eigenvalue weighted by molar-refractivity contribution is 5.66. The predicted octanol–water partition coefficient (Wildman–Crippen LogP) is 8.64. The first kappa shape index (κ1) is 23.4. The van der Waals surface area contributed by atoms with Gasteiger partial charge in [-0.1, -0.05) is 49.4 Å². The quantitative estimate of drug-likeness (QED) is 0.349. The summed E-state index contributed by atoms with van der Waals surface area (Å²) >= 11 is 0. The fraction of sp³-hybridized carbons (Fsp3) is 0.379. The van der Waals surface area contributed by atoms with Crippen LogP contribution in [0.5, 0.6) is 5.75 Å². The number of halogens is 3. The Balaban J connectivity index is 1.41. The molecule has 0 unspecified atom stereocenters. The first-order valence-corrected chi connectivity index (χ1v) is 11.9. The minimum atomic E-state index is -0.821. The van der Waals surface area contributed by atoms with E-state index in [1.165, 1.54) is 12.0 Å². The maximum absolute atomic E-state index is 15.0. The molecule has 3 aromatic rings. The lowest BCUT2D eigenvalue weighted by Gasteiger charge is -2.30. The summed E-state index contributed by atoms with van der Waals surface area (Å²) < 4.78 is 48.4. The topological polar surface area (TPSA) is 9.23 Å². The van der Waals surface area contributed by atoms with Crippen LogP contribution in [0.3, 0.4) is 0 Å². The molecule has 0 aliphatic heterocycles. The molecule has 0 aromatic heterocycles. The van der Waals surface area contributed by atoms with E-state index in [0.29, 0.717) is 17.8 Å². The van der Waals surface area contributed by atoms with Crippen LogP contribution < -0.4 is 4.74 Å². The SMILES string of the molecule is CCOc1c(F)cc(-c2ccc(C3CCC(C[C@H](C)c4ccccc4)CC3)cc2F)cc1F. The molecule has 3 aromatic carbocycles. The molecule has 1 aliphatic carbocycles. The molecule has 1 saturated carbocycles. The number of hydrogen-bond acceptors (Lipinski definition) is 1. The molecule has 0 heterocycles. The number of benzene rings is 3. The van der Waals surface area contributed by atoms with Crippen LogP contribution >= 0.6 is 0 Å². The van der Waals surface area contributed by atoms with E-state index >= 15 is 0 Å². The van der Waals surface area contributed by atoms with Gasteiger partial charge in [-0.05, 0) is 91.7 Å². The summed E-state index contributed by atoms with van der Waals surface area (Å²) in [5.41, 5.74) is 2.73. The van der Waals surface area contributed by atoms with Gasteiger partial charge in [-0.2, -0.15) is 0 Å². The van der Waals surface area contributed by atoms with E-state index in [4.69, 9.17) is 4.74 Å². The van der Waals surface area contributed by atoms with Crippen molar-refractivity contribution < 1.29 is 17.9 Å². The van der Waals surface area contributed by atoms with Crippen LogP contribution in [0.15, 0.2) is 60.7 Å². The van der Waals surface area contributed by atoms with Crippen molar-refractivity contribution in [3.05, 3.63) is 89.2 Å². The summed E-state index contributed by atoms with van der Waals surface area (Å²) in [6, 6.07) is 18.0. The molecule has 0 saturated heterocycles. The predicted molar refractivity (Wildman–Crippen MR) is 127 cm³/mol. The molecule has 0 N–H and O–H groups in total.